The average molecular weight is 364 g/mol. The molecule has 0 spiro atoms. The maximum atomic E-state index is 9.38. The number of aliphatic hydroxyl groups excluding tert-OH is 1. The van der Waals surface area contributed by atoms with Gasteiger partial charge in [0.25, 0.3) is 0 Å². The predicted molar refractivity (Wildman–Crippen MR) is 113 cm³/mol. The number of benzene rings is 2. The lowest BCUT2D eigenvalue weighted by atomic mass is 9.81. The van der Waals surface area contributed by atoms with Crippen molar-refractivity contribution < 1.29 is 9.84 Å². The van der Waals surface area contributed by atoms with Gasteiger partial charge in [0.05, 0.1) is 13.7 Å². The zero-order chi connectivity index (χ0) is 19.2. The zero-order valence-corrected chi connectivity index (χ0v) is 16.5. The maximum absolute atomic E-state index is 9.38. The van der Waals surface area contributed by atoms with Crippen molar-refractivity contribution in [1.29, 1.82) is 0 Å². The Morgan fingerprint density at radius 3 is 2.70 bits per heavy atom. The summed E-state index contributed by atoms with van der Waals surface area (Å²) >= 11 is 0. The van der Waals surface area contributed by atoms with E-state index in [1.807, 2.05) is 18.2 Å². The van der Waals surface area contributed by atoms with E-state index in [1.165, 1.54) is 16.7 Å². The van der Waals surface area contributed by atoms with Crippen LogP contribution in [0.15, 0.2) is 60.2 Å². The average Bonchev–Trinajstić information content (AvgIpc) is 2.69. The van der Waals surface area contributed by atoms with Gasteiger partial charge in [-0.05, 0) is 78.9 Å². The fourth-order valence-electron chi connectivity index (χ4n) is 3.75. The molecule has 0 radical (unpaired) electrons. The monoisotopic (exact) mass is 363 g/mol. The molecule has 0 aromatic heterocycles. The summed E-state index contributed by atoms with van der Waals surface area (Å²) in [6.45, 7) is 1.11. The van der Waals surface area contributed by atoms with Crippen LogP contribution >= 0.6 is 0 Å². The summed E-state index contributed by atoms with van der Waals surface area (Å²) in [6, 6.07) is 16.5. The molecule has 1 unspecified atom stereocenters. The molecular formula is C24H29NO2. The molecule has 0 amide bonds. The van der Waals surface area contributed by atoms with Crippen LogP contribution in [0.1, 0.15) is 29.5 Å². The smallest absolute Gasteiger partial charge is 0.119 e. The number of nitrogens with zero attached hydrogens (tertiary/aromatic N) is 1. The lowest BCUT2D eigenvalue weighted by Crippen LogP contribution is -2.24. The fourth-order valence-corrected chi connectivity index (χ4v) is 3.75. The molecule has 1 aliphatic carbocycles. The van der Waals surface area contributed by atoms with Gasteiger partial charge in [0.2, 0.25) is 0 Å². The molecule has 2 aromatic rings. The molecule has 3 heteroatoms. The first-order chi connectivity index (χ1) is 13.1. The summed E-state index contributed by atoms with van der Waals surface area (Å²) in [5.74, 6) is 1.40. The Balaban J connectivity index is 1.98. The summed E-state index contributed by atoms with van der Waals surface area (Å²) < 4.78 is 5.43. The minimum atomic E-state index is 0.0762. The minimum Gasteiger partial charge on any atom is -0.497 e. The number of hydrogen-bond acceptors (Lipinski definition) is 3. The Labute approximate surface area is 162 Å². The van der Waals surface area contributed by atoms with Crippen LogP contribution in [0.25, 0.3) is 11.6 Å². The van der Waals surface area contributed by atoms with E-state index in [0.717, 1.165) is 36.3 Å². The Kier molecular flexibility index (Phi) is 6.49. The molecule has 0 aliphatic heterocycles. The molecule has 2 aromatic carbocycles. The second kappa shape index (κ2) is 9.03. The summed E-state index contributed by atoms with van der Waals surface area (Å²) in [7, 11) is 5.98. The third kappa shape index (κ3) is 5.09. The Morgan fingerprint density at radius 1 is 1.15 bits per heavy atom. The first kappa shape index (κ1) is 19.4. The number of rotatable bonds is 6. The normalized spacial score (nSPS) is 18.6. The number of methoxy groups -OCH3 is 1. The SMILES string of the molecule is COc1cccc(C2=CC(=Cc3cccc(CO)c3)CCC2CN(C)C)c1. The van der Waals surface area contributed by atoms with E-state index in [1.54, 1.807) is 7.11 Å². The van der Waals surface area contributed by atoms with Crippen LogP contribution < -0.4 is 4.74 Å². The number of ether oxygens (including phenoxy) is 1. The molecule has 0 saturated carbocycles. The van der Waals surface area contributed by atoms with Gasteiger partial charge in [-0.1, -0.05) is 42.5 Å². The highest BCUT2D eigenvalue weighted by atomic mass is 16.5. The molecule has 1 N–H and O–H groups in total. The first-order valence-corrected chi connectivity index (χ1v) is 9.50. The van der Waals surface area contributed by atoms with E-state index in [-0.39, 0.29) is 6.61 Å². The Hall–Kier alpha value is -2.36. The van der Waals surface area contributed by atoms with Crippen LogP contribution in [0.3, 0.4) is 0 Å². The van der Waals surface area contributed by atoms with Gasteiger partial charge in [-0.2, -0.15) is 0 Å². The third-order valence-corrected chi connectivity index (χ3v) is 5.04. The molecule has 3 rings (SSSR count). The van der Waals surface area contributed by atoms with Crippen LogP contribution in [0.5, 0.6) is 5.75 Å². The molecule has 27 heavy (non-hydrogen) atoms. The summed E-state index contributed by atoms with van der Waals surface area (Å²) in [4.78, 5) is 2.26. The van der Waals surface area contributed by atoms with Gasteiger partial charge in [-0.15, -0.1) is 0 Å². The van der Waals surface area contributed by atoms with Crippen molar-refractivity contribution in [2.24, 2.45) is 5.92 Å². The summed E-state index contributed by atoms with van der Waals surface area (Å²) in [5.41, 5.74) is 6.03. The Bertz CT molecular complexity index is 836. The molecule has 142 valence electrons. The molecule has 1 atom stereocenters. The summed E-state index contributed by atoms with van der Waals surface area (Å²) in [6.07, 6.45) is 6.78. The van der Waals surface area contributed by atoms with Gasteiger partial charge in [0, 0.05) is 6.54 Å². The predicted octanol–water partition coefficient (Wildman–Crippen LogP) is 4.63. The minimum absolute atomic E-state index is 0.0762. The van der Waals surface area contributed by atoms with E-state index >= 15 is 0 Å². The second-order valence-corrected chi connectivity index (χ2v) is 7.45. The van der Waals surface area contributed by atoms with Gasteiger partial charge in [0.15, 0.2) is 0 Å². The lowest BCUT2D eigenvalue weighted by Gasteiger charge is -2.29. The quantitative estimate of drug-likeness (QED) is 0.812. The van der Waals surface area contributed by atoms with E-state index in [9.17, 15) is 5.11 Å². The highest BCUT2D eigenvalue weighted by Gasteiger charge is 2.22. The zero-order valence-electron chi connectivity index (χ0n) is 16.5. The largest absolute Gasteiger partial charge is 0.497 e. The van der Waals surface area contributed by atoms with Crippen molar-refractivity contribution in [3.8, 4) is 5.75 Å². The van der Waals surface area contributed by atoms with Crippen molar-refractivity contribution in [1.82, 2.24) is 4.90 Å². The Morgan fingerprint density at radius 2 is 1.96 bits per heavy atom. The van der Waals surface area contributed by atoms with Crippen LogP contribution in [0, 0.1) is 5.92 Å². The first-order valence-electron chi connectivity index (χ1n) is 9.50. The highest BCUT2D eigenvalue weighted by Crippen LogP contribution is 2.37. The van der Waals surface area contributed by atoms with Crippen molar-refractivity contribution in [3.63, 3.8) is 0 Å². The van der Waals surface area contributed by atoms with Gasteiger partial charge in [-0.3, -0.25) is 0 Å². The number of hydrogen-bond donors (Lipinski definition) is 1. The van der Waals surface area contributed by atoms with E-state index < -0.39 is 0 Å². The van der Waals surface area contributed by atoms with E-state index in [2.05, 4.69) is 61.5 Å². The molecule has 0 bridgehead atoms. The highest BCUT2D eigenvalue weighted by molar-refractivity contribution is 5.75. The third-order valence-electron chi connectivity index (χ3n) is 5.04. The van der Waals surface area contributed by atoms with Crippen molar-refractivity contribution in [2.45, 2.75) is 19.4 Å². The van der Waals surface area contributed by atoms with Crippen molar-refractivity contribution >= 4 is 11.6 Å². The summed E-state index contributed by atoms with van der Waals surface area (Å²) in [5, 5.41) is 9.38. The van der Waals surface area contributed by atoms with Gasteiger partial charge < -0.3 is 14.7 Å². The molecule has 0 heterocycles. The lowest BCUT2D eigenvalue weighted by molar-refractivity contribution is 0.282. The molecular weight excluding hydrogens is 334 g/mol. The number of aliphatic hydroxyl groups is 1. The molecule has 3 nitrogen and oxygen atoms in total. The molecule has 0 saturated heterocycles. The van der Waals surface area contributed by atoms with Gasteiger partial charge in [0.1, 0.15) is 5.75 Å². The van der Waals surface area contributed by atoms with Crippen LogP contribution in [0.4, 0.5) is 0 Å². The van der Waals surface area contributed by atoms with Gasteiger partial charge in [-0.25, -0.2) is 0 Å². The maximum Gasteiger partial charge on any atom is 0.119 e. The topological polar surface area (TPSA) is 32.7 Å². The standard InChI is InChI=1S/C24H29NO2/c1-25(2)16-22-11-10-19(12-18-6-4-7-20(13-18)17-26)14-24(22)21-8-5-9-23(15-21)27-3/h4-9,12-15,22,26H,10-11,16-17H2,1-3H3. The molecule has 0 fully saturated rings. The van der Waals surface area contributed by atoms with Crippen LogP contribution in [-0.2, 0) is 6.61 Å². The van der Waals surface area contributed by atoms with E-state index in [0.29, 0.717) is 5.92 Å². The fraction of sp³-hybridized carbons (Fsp3) is 0.333. The van der Waals surface area contributed by atoms with E-state index in [4.69, 9.17) is 4.74 Å². The second-order valence-electron chi connectivity index (χ2n) is 7.45. The number of allylic oxidation sites excluding steroid dienone is 2. The van der Waals surface area contributed by atoms with Crippen molar-refractivity contribution in [2.75, 3.05) is 27.7 Å². The van der Waals surface area contributed by atoms with Crippen LogP contribution in [-0.4, -0.2) is 37.8 Å². The van der Waals surface area contributed by atoms with Gasteiger partial charge >= 0.3 is 0 Å². The molecule has 1 aliphatic rings. The van der Waals surface area contributed by atoms with Crippen molar-refractivity contribution in [3.05, 3.63) is 76.9 Å². The van der Waals surface area contributed by atoms with Crippen LogP contribution in [0.2, 0.25) is 0 Å².